The molecule has 3 heteroatoms. The topological polar surface area (TPSA) is 41.5 Å². The second kappa shape index (κ2) is 16.7. The number of nitrogens with one attached hydrogen (secondary N) is 1. The van der Waals surface area contributed by atoms with Crippen molar-refractivity contribution in [3.8, 4) is 0 Å². The monoisotopic (exact) mass is 174 g/mol. The van der Waals surface area contributed by atoms with E-state index in [1.165, 1.54) is 13.8 Å². The standard InChI is InChI=1S/C4H9N.C3H6O.C2H7N/c1-4(2)5-3;1-3(2)4;1-3-2/h1-3H3;1-2H3;3H,1-2H3. The van der Waals surface area contributed by atoms with Crippen LogP contribution < -0.4 is 5.32 Å². The first-order chi connectivity index (χ1) is 5.42. The quantitative estimate of drug-likeness (QED) is 0.566. The van der Waals surface area contributed by atoms with Gasteiger partial charge in [-0.25, -0.2) is 0 Å². The molecule has 0 fully saturated rings. The lowest BCUT2D eigenvalue weighted by Crippen LogP contribution is -1.89. The number of carbonyl (C=O) groups is 1. The largest absolute Gasteiger partial charge is 0.323 e. The molecule has 0 aromatic carbocycles. The van der Waals surface area contributed by atoms with Gasteiger partial charge in [-0.05, 0) is 41.8 Å². The lowest BCUT2D eigenvalue weighted by atomic mass is 10.5. The molecular weight excluding hydrogens is 152 g/mol. The maximum absolute atomic E-state index is 9.44. The first-order valence-electron chi connectivity index (χ1n) is 3.87. The molecule has 0 aliphatic rings. The summed E-state index contributed by atoms with van der Waals surface area (Å²) in [4.78, 5) is 13.2. The summed E-state index contributed by atoms with van der Waals surface area (Å²) in [6.07, 6.45) is 0. The molecule has 0 atom stereocenters. The molecule has 0 saturated carbocycles. The predicted molar refractivity (Wildman–Crippen MR) is 56.0 cm³/mol. The zero-order valence-corrected chi connectivity index (χ0v) is 9.36. The summed E-state index contributed by atoms with van der Waals surface area (Å²) < 4.78 is 0. The predicted octanol–water partition coefficient (Wildman–Crippen LogP) is 1.53. The van der Waals surface area contributed by atoms with Crippen LogP contribution in [-0.2, 0) is 4.79 Å². The minimum atomic E-state index is 0.167. The molecule has 0 saturated heterocycles. The van der Waals surface area contributed by atoms with Crippen LogP contribution in [0.3, 0.4) is 0 Å². The van der Waals surface area contributed by atoms with Crippen molar-refractivity contribution >= 4 is 11.5 Å². The van der Waals surface area contributed by atoms with Crippen LogP contribution >= 0.6 is 0 Å². The summed E-state index contributed by atoms with van der Waals surface area (Å²) in [5.74, 6) is 0.167. The summed E-state index contributed by atoms with van der Waals surface area (Å²) >= 11 is 0. The van der Waals surface area contributed by atoms with Crippen LogP contribution in [0.4, 0.5) is 0 Å². The van der Waals surface area contributed by atoms with Gasteiger partial charge in [0.15, 0.2) is 0 Å². The van der Waals surface area contributed by atoms with E-state index in [-0.39, 0.29) is 5.78 Å². The zero-order valence-electron chi connectivity index (χ0n) is 9.36. The summed E-state index contributed by atoms with van der Waals surface area (Å²) in [5, 5.41) is 2.75. The Morgan fingerprint density at radius 2 is 1.17 bits per heavy atom. The average Bonchev–Trinajstić information content (AvgIpc) is 1.88. The molecule has 3 nitrogen and oxygen atoms in total. The average molecular weight is 174 g/mol. The highest BCUT2D eigenvalue weighted by molar-refractivity contribution is 5.78. The van der Waals surface area contributed by atoms with Gasteiger partial charge < -0.3 is 10.1 Å². The Morgan fingerprint density at radius 3 is 1.17 bits per heavy atom. The van der Waals surface area contributed by atoms with Gasteiger partial charge in [0.2, 0.25) is 0 Å². The van der Waals surface area contributed by atoms with E-state index in [9.17, 15) is 4.79 Å². The maximum Gasteiger partial charge on any atom is 0.126 e. The molecule has 0 rings (SSSR count). The van der Waals surface area contributed by atoms with Crippen LogP contribution in [0, 0.1) is 0 Å². The van der Waals surface area contributed by atoms with Gasteiger partial charge in [-0.15, -0.1) is 0 Å². The summed E-state index contributed by atoms with van der Waals surface area (Å²) in [7, 11) is 5.54. The van der Waals surface area contributed by atoms with Crippen molar-refractivity contribution in [1.82, 2.24) is 5.32 Å². The number of nitrogens with zero attached hydrogens (tertiary/aromatic N) is 1. The van der Waals surface area contributed by atoms with Gasteiger partial charge in [-0.2, -0.15) is 0 Å². The highest BCUT2D eigenvalue weighted by atomic mass is 16.1. The van der Waals surface area contributed by atoms with E-state index in [2.05, 4.69) is 10.3 Å². The van der Waals surface area contributed by atoms with Crippen molar-refractivity contribution in [2.24, 2.45) is 4.99 Å². The Bertz CT molecular complexity index is 112. The third-order valence-corrected chi connectivity index (χ3v) is 0.447. The Balaban J connectivity index is -0.000000105. The molecule has 0 bridgehead atoms. The molecule has 1 N–H and O–H groups in total. The van der Waals surface area contributed by atoms with E-state index in [1.807, 2.05) is 27.9 Å². The Hall–Kier alpha value is -0.700. The van der Waals surface area contributed by atoms with Crippen molar-refractivity contribution in [2.75, 3.05) is 21.1 Å². The number of Topliss-reactive ketones (excluding diaryl/α,β-unsaturated/α-hetero) is 1. The van der Waals surface area contributed by atoms with Crippen LogP contribution in [0.1, 0.15) is 27.7 Å². The highest BCUT2D eigenvalue weighted by Crippen LogP contribution is 1.63. The van der Waals surface area contributed by atoms with Crippen molar-refractivity contribution in [3.63, 3.8) is 0 Å². The molecular formula is C9H22N2O. The Kier molecular flexibility index (Phi) is 24.2. The summed E-state index contributed by atoms with van der Waals surface area (Å²) in [6.45, 7) is 7.00. The third kappa shape index (κ3) is 379. The fourth-order valence-electron chi connectivity index (χ4n) is 0. The lowest BCUT2D eigenvalue weighted by Gasteiger charge is -1.74. The number of rotatable bonds is 0. The van der Waals surface area contributed by atoms with Gasteiger partial charge in [0.1, 0.15) is 5.78 Å². The Labute approximate surface area is 76.3 Å². The molecule has 12 heavy (non-hydrogen) atoms. The molecule has 0 aliphatic heterocycles. The van der Waals surface area contributed by atoms with Crippen LogP contribution in [-0.4, -0.2) is 32.6 Å². The molecule has 0 spiro atoms. The van der Waals surface area contributed by atoms with Gasteiger partial charge in [0.05, 0.1) is 0 Å². The van der Waals surface area contributed by atoms with Gasteiger partial charge in [0.25, 0.3) is 0 Å². The lowest BCUT2D eigenvalue weighted by molar-refractivity contribution is -0.114. The minimum absolute atomic E-state index is 0.167. The summed E-state index contributed by atoms with van der Waals surface area (Å²) in [5.41, 5.74) is 1.13. The SMILES string of the molecule is CC(C)=O.CN=C(C)C.CNC. The molecule has 0 amide bonds. The van der Waals surface area contributed by atoms with E-state index < -0.39 is 0 Å². The molecule has 0 aromatic rings. The van der Waals surface area contributed by atoms with Gasteiger partial charge >= 0.3 is 0 Å². The molecule has 74 valence electrons. The highest BCUT2D eigenvalue weighted by Gasteiger charge is 1.62. The first-order valence-corrected chi connectivity index (χ1v) is 3.87. The van der Waals surface area contributed by atoms with Gasteiger partial charge in [0, 0.05) is 12.8 Å². The van der Waals surface area contributed by atoms with Crippen LogP contribution in [0.25, 0.3) is 0 Å². The smallest absolute Gasteiger partial charge is 0.126 e. The number of hydrogen-bond acceptors (Lipinski definition) is 3. The first kappa shape index (κ1) is 17.4. The number of aliphatic imine (C=N–C) groups is 1. The molecule has 0 unspecified atom stereocenters. The van der Waals surface area contributed by atoms with E-state index in [0.717, 1.165) is 5.71 Å². The van der Waals surface area contributed by atoms with Crippen molar-refractivity contribution < 1.29 is 4.79 Å². The fourth-order valence-corrected chi connectivity index (χ4v) is 0. The maximum atomic E-state index is 9.44. The van der Waals surface area contributed by atoms with E-state index >= 15 is 0 Å². The van der Waals surface area contributed by atoms with Crippen molar-refractivity contribution in [2.45, 2.75) is 27.7 Å². The van der Waals surface area contributed by atoms with Crippen LogP contribution in [0.15, 0.2) is 4.99 Å². The molecule has 0 aliphatic carbocycles. The van der Waals surface area contributed by atoms with Crippen LogP contribution in [0.2, 0.25) is 0 Å². The Morgan fingerprint density at radius 1 is 1.08 bits per heavy atom. The van der Waals surface area contributed by atoms with Crippen molar-refractivity contribution in [1.29, 1.82) is 0 Å². The van der Waals surface area contributed by atoms with Crippen LogP contribution in [0.5, 0.6) is 0 Å². The second-order valence-electron chi connectivity index (χ2n) is 2.58. The second-order valence-corrected chi connectivity index (χ2v) is 2.58. The molecule has 0 radical (unpaired) electrons. The third-order valence-electron chi connectivity index (χ3n) is 0.447. The molecule has 0 aromatic heterocycles. The summed E-state index contributed by atoms with van der Waals surface area (Å²) in [6, 6.07) is 0. The number of carbonyl (C=O) groups excluding carboxylic acids is 1. The number of ketones is 1. The fraction of sp³-hybridized carbons (Fsp3) is 0.778. The van der Waals surface area contributed by atoms with Gasteiger partial charge in [-0.3, -0.25) is 4.99 Å². The minimum Gasteiger partial charge on any atom is -0.323 e. The van der Waals surface area contributed by atoms with E-state index in [4.69, 9.17) is 0 Å². The van der Waals surface area contributed by atoms with E-state index in [1.54, 1.807) is 7.05 Å². The van der Waals surface area contributed by atoms with Gasteiger partial charge in [-0.1, -0.05) is 0 Å². The van der Waals surface area contributed by atoms with Crippen molar-refractivity contribution in [3.05, 3.63) is 0 Å². The molecule has 0 heterocycles. The normalized spacial score (nSPS) is 6.58. The number of hydrogen-bond donors (Lipinski definition) is 1. The van der Waals surface area contributed by atoms with E-state index in [0.29, 0.717) is 0 Å². The zero-order chi connectivity index (χ0) is 10.6.